The van der Waals surface area contributed by atoms with E-state index in [0.29, 0.717) is 39.4 Å². The fraction of sp³-hybridized carbons (Fsp3) is 0.261. The lowest BCUT2D eigenvalue weighted by atomic mass is 10.0. The van der Waals surface area contributed by atoms with Crippen molar-refractivity contribution in [1.82, 2.24) is 19.5 Å². The summed E-state index contributed by atoms with van der Waals surface area (Å²) in [6.07, 6.45) is 3.35. The number of aromatic nitrogens is 4. The summed E-state index contributed by atoms with van der Waals surface area (Å²) in [7, 11) is 0. The molecule has 2 aromatic heterocycles. The van der Waals surface area contributed by atoms with Crippen LogP contribution in [0.2, 0.25) is 5.02 Å². The SMILES string of the molecule is CC(C)(O)c1ncc(-c2cc3c(cc2F)nc2n3[C@@H](c3c(F)cccc3Cl)C[C@H]2N)cn1. The second-order valence-electron chi connectivity index (χ2n) is 8.51. The van der Waals surface area contributed by atoms with Crippen LogP contribution in [0, 0.1) is 11.6 Å². The standard InChI is InChI=1S/C23H20ClF2N5O/c1-23(2,32)22-28-9-11(10-29-22)12-6-18-17(7-15(12)26)30-21-16(27)8-19(31(18)21)20-13(24)4-3-5-14(20)25/h3-7,9-10,16,19,32H,8,27H2,1-2H3/t16-,19-/m1/s1. The first-order chi connectivity index (χ1) is 15.1. The summed E-state index contributed by atoms with van der Waals surface area (Å²) >= 11 is 6.33. The molecule has 164 valence electrons. The van der Waals surface area contributed by atoms with Gasteiger partial charge in [0.2, 0.25) is 0 Å². The van der Waals surface area contributed by atoms with Gasteiger partial charge < -0.3 is 15.4 Å². The minimum Gasteiger partial charge on any atom is -0.382 e. The van der Waals surface area contributed by atoms with Crippen LogP contribution >= 0.6 is 11.6 Å². The lowest BCUT2D eigenvalue weighted by molar-refractivity contribution is 0.0687. The summed E-state index contributed by atoms with van der Waals surface area (Å²) < 4.78 is 31.5. The maximum absolute atomic E-state index is 15.0. The molecule has 0 aliphatic carbocycles. The van der Waals surface area contributed by atoms with E-state index in [1.54, 1.807) is 32.0 Å². The van der Waals surface area contributed by atoms with E-state index < -0.39 is 29.3 Å². The van der Waals surface area contributed by atoms with E-state index in [1.807, 2.05) is 4.57 Å². The second kappa shape index (κ2) is 7.30. The first kappa shape index (κ1) is 20.9. The number of nitrogens with two attached hydrogens (primary N) is 1. The molecule has 1 aliphatic heterocycles. The Morgan fingerprint density at radius 1 is 1.16 bits per heavy atom. The number of imidazole rings is 1. The summed E-state index contributed by atoms with van der Waals surface area (Å²) in [5.41, 5.74) is 7.16. The van der Waals surface area contributed by atoms with Crippen LogP contribution in [-0.4, -0.2) is 24.6 Å². The van der Waals surface area contributed by atoms with Gasteiger partial charge in [0.05, 0.1) is 23.1 Å². The highest BCUT2D eigenvalue weighted by molar-refractivity contribution is 6.31. The van der Waals surface area contributed by atoms with Crippen LogP contribution in [0.3, 0.4) is 0 Å². The number of benzene rings is 2. The molecule has 2 aromatic carbocycles. The van der Waals surface area contributed by atoms with Gasteiger partial charge in [-0.2, -0.15) is 0 Å². The third-order valence-electron chi connectivity index (χ3n) is 5.77. The number of halogens is 3. The van der Waals surface area contributed by atoms with Crippen LogP contribution < -0.4 is 5.73 Å². The van der Waals surface area contributed by atoms with Gasteiger partial charge in [-0.15, -0.1) is 0 Å². The molecule has 0 radical (unpaired) electrons. The summed E-state index contributed by atoms with van der Waals surface area (Å²) in [5, 5.41) is 10.4. The third kappa shape index (κ3) is 3.26. The normalized spacial score (nSPS) is 18.3. The Balaban J connectivity index is 1.68. The minimum absolute atomic E-state index is 0.230. The fourth-order valence-corrected chi connectivity index (χ4v) is 4.54. The molecule has 0 saturated carbocycles. The molecule has 0 saturated heterocycles. The molecule has 5 rings (SSSR count). The predicted octanol–water partition coefficient (Wildman–Crippen LogP) is 4.65. The number of nitrogens with zero attached hydrogens (tertiary/aromatic N) is 4. The molecule has 2 atom stereocenters. The van der Waals surface area contributed by atoms with Gasteiger partial charge >= 0.3 is 0 Å². The highest BCUT2D eigenvalue weighted by atomic mass is 35.5. The Morgan fingerprint density at radius 3 is 2.53 bits per heavy atom. The molecule has 1 aliphatic rings. The van der Waals surface area contributed by atoms with Crippen molar-refractivity contribution in [2.24, 2.45) is 5.73 Å². The van der Waals surface area contributed by atoms with Crippen LogP contribution in [0.4, 0.5) is 8.78 Å². The third-order valence-corrected chi connectivity index (χ3v) is 6.10. The summed E-state index contributed by atoms with van der Waals surface area (Å²) in [5.74, 6) is -0.145. The van der Waals surface area contributed by atoms with Gasteiger partial charge in [-0.25, -0.2) is 23.7 Å². The average Bonchev–Trinajstić information content (AvgIpc) is 3.24. The maximum Gasteiger partial charge on any atom is 0.159 e. The zero-order valence-electron chi connectivity index (χ0n) is 17.4. The number of aliphatic hydroxyl groups is 1. The smallest absolute Gasteiger partial charge is 0.159 e. The maximum atomic E-state index is 15.0. The Bertz CT molecular complexity index is 1330. The van der Waals surface area contributed by atoms with Gasteiger partial charge in [-0.1, -0.05) is 17.7 Å². The van der Waals surface area contributed by atoms with E-state index in [2.05, 4.69) is 15.0 Å². The number of fused-ring (bicyclic) bond motifs is 3. The first-order valence-corrected chi connectivity index (χ1v) is 10.5. The molecular formula is C23H20ClF2N5O. The van der Waals surface area contributed by atoms with Gasteiger partial charge in [0.1, 0.15) is 23.1 Å². The average molecular weight is 456 g/mol. The van der Waals surface area contributed by atoms with Crippen molar-refractivity contribution in [3.05, 3.63) is 76.6 Å². The van der Waals surface area contributed by atoms with Gasteiger partial charge in [-0.3, -0.25) is 0 Å². The van der Waals surface area contributed by atoms with Crippen LogP contribution in [-0.2, 0) is 5.60 Å². The van der Waals surface area contributed by atoms with Gasteiger partial charge in [0.15, 0.2) is 5.82 Å². The van der Waals surface area contributed by atoms with E-state index >= 15 is 0 Å². The number of hydrogen-bond acceptors (Lipinski definition) is 5. The molecule has 0 bridgehead atoms. The highest BCUT2D eigenvalue weighted by Crippen LogP contribution is 2.43. The zero-order chi connectivity index (χ0) is 22.8. The van der Waals surface area contributed by atoms with Crippen molar-refractivity contribution >= 4 is 22.6 Å². The van der Waals surface area contributed by atoms with E-state index in [-0.39, 0.29) is 11.4 Å². The topological polar surface area (TPSA) is 89.9 Å². The highest BCUT2D eigenvalue weighted by Gasteiger charge is 2.36. The van der Waals surface area contributed by atoms with E-state index in [1.165, 1.54) is 24.5 Å². The Morgan fingerprint density at radius 2 is 1.88 bits per heavy atom. The van der Waals surface area contributed by atoms with Crippen molar-refractivity contribution in [1.29, 1.82) is 0 Å². The van der Waals surface area contributed by atoms with Gasteiger partial charge in [-0.05, 0) is 38.5 Å². The molecule has 9 heteroatoms. The minimum atomic E-state index is -1.21. The van der Waals surface area contributed by atoms with Crippen molar-refractivity contribution < 1.29 is 13.9 Å². The fourth-order valence-electron chi connectivity index (χ4n) is 4.26. The Labute approximate surface area is 187 Å². The van der Waals surface area contributed by atoms with E-state index in [0.717, 1.165) is 0 Å². The molecule has 0 unspecified atom stereocenters. The van der Waals surface area contributed by atoms with Crippen molar-refractivity contribution in [3.8, 4) is 11.1 Å². The molecule has 0 fully saturated rings. The summed E-state index contributed by atoms with van der Waals surface area (Å²) in [4.78, 5) is 12.9. The lowest BCUT2D eigenvalue weighted by Gasteiger charge is -2.18. The van der Waals surface area contributed by atoms with Crippen LogP contribution in [0.15, 0.2) is 42.7 Å². The van der Waals surface area contributed by atoms with Gasteiger partial charge in [0.25, 0.3) is 0 Å². The zero-order valence-corrected chi connectivity index (χ0v) is 18.1. The lowest BCUT2D eigenvalue weighted by Crippen LogP contribution is -2.19. The van der Waals surface area contributed by atoms with E-state index in [9.17, 15) is 13.9 Å². The molecular weight excluding hydrogens is 436 g/mol. The van der Waals surface area contributed by atoms with Crippen molar-refractivity contribution in [2.45, 2.75) is 38.0 Å². The molecule has 3 N–H and O–H groups in total. The number of rotatable bonds is 3. The van der Waals surface area contributed by atoms with Crippen LogP contribution in [0.5, 0.6) is 0 Å². The predicted molar refractivity (Wildman–Crippen MR) is 117 cm³/mol. The quantitative estimate of drug-likeness (QED) is 0.469. The van der Waals surface area contributed by atoms with Gasteiger partial charge in [0, 0.05) is 40.2 Å². The van der Waals surface area contributed by atoms with Crippen molar-refractivity contribution in [2.75, 3.05) is 0 Å². The largest absolute Gasteiger partial charge is 0.382 e. The second-order valence-corrected chi connectivity index (χ2v) is 8.92. The summed E-state index contributed by atoms with van der Waals surface area (Å²) in [6, 6.07) is 6.60. The molecule has 6 nitrogen and oxygen atoms in total. The van der Waals surface area contributed by atoms with Crippen molar-refractivity contribution in [3.63, 3.8) is 0 Å². The monoisotopic (exact) mass is 455 g/mol. The molecule has 4 aromatic rings. The molecule has 0 amide bonds. The van der Waals surface area contributed by atoms with E-state index in [4.69, 9.17) is 17.3 Å². The number of hydrogen-bond donors (Lipinski definition) is 2. The molecule has 32 heavy (non-hydrogen) atoms. The molecule has 3 heterocycles. The Hall–Kier alpha value is -2.94. The Kier molecular flexibility index (Phi) is 4.77. The molecule has 0 spiro atoms. The van der Waals surface area contributed by atoms with Crippen LogP contribution in [0.25, 0.3) is 22.2 Å². The first-order valence-electron chi connectivity index (χ1n) is 10.1. The van der Waals surface area contributed by atoms with Crippen LogP contribution in [0.1, 0.15) is 49.6 Å². The summed E-state index contributed by atoms with van der Waals surface area (Å²) in [6.45, 7) is 3.14.